The number of nitrogens with two attached hydrogens (primary N) is 1. The predicted molar refractivity (Wildman–Crippen MR) is 74.2 cm³/mol. The van der Waals surface area contributed by atoms with Crippen LogP contribution >= 0.6 is 0 Å². The van der Waals surface area contributed by atoms with Crippen LogP contribution in [0.4, 0.5) is 5.82 Å². The van der Waals surface area contributed by atoms with Crippen molar-refractivity contribution in [3.05, 3.63) is 41.6 Å². The first-order chi connectivity index (χ1) is 9.63. The molecule has 0 spiro atoms. The minimum absolute atomic E-state index is 0.109. The third kappa shape index (κ3) is 2.32. The summed E-state index contributed by atoms with van der Waals surface area (Å²) < 4.78 is 7.02. The molecule has 0 radical (unpaired) electrons. The molecule has 3 N–H and O–H groups in total. The molecule has 0 fully saturated rings. The van der Waals surface area contributed by atoms with Gasteiger partial charge in [-0.1, -0.05) is 18.2 Å². The van der Waals surface area contributed by atoms with E-state index in [2.05, 4.69) is 10.4 Å². The number of amides is 1. The number of benzene rings is 1. The van der Waals surface area contributed by atoms with Crippen molar-refractivity contribution in [3.63, 3.8) is 0 Å². The number of carbonyl (C=O) groups excluding carboxylic acids is 1. The lowest BCUT2D eigenvalue weighted by Crippen LogP contribution is -2.32. The molecule has 0 unspecified atom stereocenters. The van der Waals surface area contributed by atoms with Crippen molar-refractivity contribution in [2.75, 3.05) is 12.3 Å². The van der Waals surface area contributed by atoms with Gasteiger partial charge in [-0.3, -0.25) is 4.79 Å². The fourth-order valence-corrected chi connectivity index (χ4v) is 2.35. The molecule has 2 heterocycles. The van der Waals surface area contributed by atoms with Crippen molar-refractivity contribution >= 4 is 11.7 Å². The fourth-order valence-electron chi connectivity index (χ4n) is 2.35. The summed E-state index contributed by atoms with van der Waals surface area (Å²) in [4.78, 5) is 12.1. The zero-order valence-electron chi connectivity index (χ0n) is 11.2. The van der Waals surface area contributed by atoms with Gasteiger partial charge < -0.3 is 15.8 Å². The Morgan fingerprint density at radius 1 is 1.55 bits per heavy atom. The second kappa shape index (κ2) is 4.88. The van der Waals surface area contributed by atoms with Crippen LogP contribution < -0.4 is 15.8 Å². The summed E-state index contributed by atoms with van der Waals surface area (Å²) in [6, 6.07) is 9.33. The second-order valence-corrected chi connectivity index (χ2v) is 4.84. The molecule has 0 bridgehead atoms. The van der Waals surface area contributed by atoms with Crippen LogP contribution in [0, 0.1) is 6.92 Å². The number of aromatic nitrogens is 2. The first kappa shape index (κ1) is 12.5. The summed E-state index contributed by atoms with van der Waals surface area (Å²) in [6.45, 7) is 2.41. The molecule has 1 amide bonds. The number of anilines is 1. The summed E-state index contributed by atoms with van der Waals surface area (Å²) in [5, 5.41) is 7.11. The van der Waals surface area contributed by atoms with Crippen molar-refractivity contribution in [2.45, 2.75) is 19.5 Å². The minimum Gasteiger partial charge on any atom is -0.491 e. The van der Waals surface area contributed by atoms with Crippen molar-refractivity contribution in [1.82, 2.24) is 15.1 Å². The van der Waals surface area contributed by atoms with Gasteiger partial charge in [-0.25, -0.2) is 4.68 Å². The van der Waals surface area contributed by atoms with E-state index in [4.69, 9.17) is 10.5 Å². The lowest BCUT2D eigenvalue weighted by Gasteiger charge is -2.12. The molecule has 2 aromatic rings. The normalized spacial score (nSPS) is 16.6. The second-order valence-electron chi connectivity index (χ2n) is 4.84. The Bertz CT molecular complexity index is 650. The van der Waals surface area contributed by atoms with Crippen molar-refractivity contribution < 1.29 is 9.53 Å². The zero-order chi connectivity index (χ0) is 14.1. The molecule has 0 saturated carbocycles. The average molecular weight is 272 g/mol. The van der Waals surface area contributed by atoms with Crippen LogP contribution in [0.2, 0.25) is 0 Å². The highest BCUT2D eigenvalue weighted by molar-refractivity contribution is 5.77. The maximum absolute atomic E-state index is 12.1. The Balaban J connectivity index is 1.67. The van der Waals surface area contributed by atoms with Gasteiger partial charge in [0.1, 0.15) is 24.7 Å². The summed E-state index contributed by atoms with van der Waals surface area (Å²) in [5.41, 5.74) is 7.57. The monoisotopic (exact) mass is 272 g/mol. The molecule has 6 heteroatoms. The van der Waals surface area contributed by atoms with Gasteiger partial charge >= 0.3 is 0 Å². The number of nitrogen functional groups attached to an aromatic ring is 1. The fraction of sp³-hybridized carbons (Fsp3) is 0.286. The van der Waals surface area contributed by atoms with E-state index in [1.165, 1.54) is 4.68 Å². The van der Waals surface area contributed by atoms with E-state index < -0.39 is 0 Å². The van der Waals surface area contributed by atoms with E-state index in [9.17, 15) is 4.79 Å². The van der Waals surface area contributed by atoms with Crippen LogP contribution in [-0.2, 0) is 11.3 Å². The van der Waals surface area contributed by atoms with Crippen molar-refractivity contribution in [3.8, 4) is 5.75 Å². The Hall–Kier alpha value is -2.50. The van der Waals surface area contributed by atoms with E-state index in [-0.39, 0.29) is 18.5 Å². The number of aryl methyl sites for hydroxylation is 1. The number of nitrogens with zero attached hydrogens (tertiary/aromatic N) is 2. The molecule has 1 aromatic carbocycles. The standard InChI is InChI=1S/C14H16N4O2/c1-9-6-13(15)18(17-9)7-14(19)16-11-8-20-12-5-3-2-4-10(11)12/h2-6,11H,7-8,15H2,1H3,(H,16,19)/t11-/m0/s1. The number of ether oxygens (including phenoxy) is 1. The summed E-state index contributed by atoms with van der Waals surface area (Å²) in [5.74, 6) is 1.18. The number of carbonyl (C=O) groups is 1. The Morgan fingerprint density at radius 3 is 3.10 bits per heavy atom. The third-order valence-electron chi connectivity index (χ3n) is 3.26. The molecule has 3 rings (SSSR count). The van der Waals surface area contributed by atoms with Gasteiger partial charge in [-0.2, -0.15) is 5.10 Å². The maximum Gasteiger partial charge on any atom is 0.242 e. The Morgan fingerprint density at radius 2 is 2.35 bits per heavy atom. The highest BCUT2D eigenvalue weighted by atomic mass is 16.5. The van der Waals surface area contributed by atoms with Crippen LogP contribution in [0.25, 0.3) is 0 Å². The van der Waals surface area contributed by atoms with Gasteiger partial charge in [0.05, 0.1) is 11.7 Å². The largest absolute Gasteiger partial charge is 0.491 e. The van der Waals surface area contributed by atoms with Gasteiger partial charge in [0.25, 0.3) is 0 Å². The molecule has 20 heavy (non-hydrogen) atoms. The van der Waals surface area contributed by atoms with Gasteiger partial charge in [-0.15, -0.1) is 0 Å². The van der Waals surface area contributed by atoms with E-state index in [1.807, 2.05) is 31.2 Å². The first-order valence-electron chi connectivity index (χ1n) is 6.44. The molecular weight excluding hydrogens is 256 g/mol. The lowest BCUT2D eigenvalue weighted by molar-refractivity contribution is -0.122. The summed E-state index contributed by atoms with van der Waals surface area (Å²) in [7, 11) is 0. The minimum atomic E-state index is -0.134. The summed E-state index contributed by atoms with van der Waals surface area (Å²) in [6.07, 6.45) is 0. The average Bonchev–Trinajstić information content (AvgIpc) is 2.94. The van der Waals surface area contributed by atoms with Gasteiger partial charge in [0.2, 0.25) is 5.91 Å². The zero-order valence-corrected chi connectivity index (χ0v) is 11.2. The smallest absolute Gasteiger partial charge is 0.242 e. The number of hydrogen-bond acceptors (Lipinski definition) is 4. The Labute approximate surface area is 116 Å². The molecule has 1 aliphatic heterocycles. The van der Waals surface area contributed by atoms with E-state index >= 15 is 0 Å². The highest BCUT2D eigenvalue weighted by Crippen LogP contribution is 2.31. The van der Waals surface area contributed by atoms with Crippen LogP contribution in [-0.4, -0.2) is 22.3 Å². The van der Waals surface area contributed by atoms with Gasteiger partial charge in [0, 0.05) is 11.6 Å². The molecule has 0 saturated heterocycles. The number of fused-ring (bicyclic) bond motifs is 1. The SMILES string of the molecule is Cc1cc(N)n(CC(=O)N[C@H]2COc3ccccc32)n1. The third-order valence-corrected chi connectivity index (χ3v) is 3.26. The molecule has 1 atom stereocenters. The maximum atomic E-state index is 12.1. The molecule has 0 aliphatic carbocycles. The number of para-hydroxylation sites is 1. The number of nitrogens with one attached hydrogen (secondary N) is 1. The number of rotatable bonds is 3. The quantitative estimate of drug-likeness (QED) is 0.874. The number of hydrogen-bond donors (Lipinski definition) is 2. The van der Waals surface area contributed by atoms with Crippen molar-refractivity contribution in [2.24, 2.45) is 0 Å². The highest BCUT2D eigenvalue weighted by Gasteiger charge is 2.25. The van der Waals surface area contributed by atoms with Gasteiger partial charge in [0.15, 0.2) is 0 Å². The lowest BCUT2D eigenvalue weighted by atomic mass is 10.1. The molecule has 104 valence electrons. The predicted octanol–water partition coefficient (Wildman–Crippen LogP) is 1.02. The molecular formula is C14H16N4O2. The van der Waals surface area contributed by atoms with Crippen LogP contribution in [0.15, 0.2) is 30.3 Å². The van der Waals surface area contributed by atoms with Crippen LogP contribution in [0.5, 0.6) is 5.75 Å². The van der Waals surface area contributed by atoms with E-state index in [0.29, 0.717) is 12.4 Å². The first-order valence-corrected chi connectivity index (χ1v) is 6.44. The van der Waals surface area contributed by atoms with Crippen LogP contribution in [0.1, 0.15) is 17.3 Å². The van der Waals surface area contributed by atoms with Crippen LogP contribution in [0.3, 0.4) is 0 Å². The summed E-state index contributed by atoms with van der Waals surface area (Å²) >= 11 is 0. The molecule has 1 aromatic heterocycles. The topological polar surface area (TPSA) is 82.2 Å². The molecule has 6 nitrogen and oxygen atoms in total. The molecule has 1 aliphatic rings. The van der Waals surface area contributed by atoms with Gasteiger partial charge in [-0.05, 0) is 13.0 Å². The van der Waals surface area contributed by atoms with E-state index in [1.54, 1.807) is 6.07 Å². The Kier molecular flexibility index (Phi) is 3.06. The van der Waals surface area contributed by atoms with Crippen molar-refractivity contribution in [1.29, 1.82) is 0 Å². The van der Waals surface area contributed by atoms with E-state index in [0.717, 1.165) is 17.0 Å².